The highest BCUT2D eigenvalue weighted by Crippen LogP contribution is 2.17. The maximum atomic E-state index is 13.1. The molecule has 0 aromatic carbocycles. The summed E-state index contributed by atoms with van der Waals surface area (Å²) in [6.45, 7) is 6.42. The Bertz CT molecular complexity index is 930. The molecule has 0 aromatic rings. The molecular weight excluding hydrogens is 695 g/mol. The molecule has 6 nitrogen and oxygen atoms in total. The van der Waals surface area contributed by atoms with Crippen LogP contribution in [-0.4, -0.2) is 46.9 Å². The molecule has 3 N–H and O–H groups in total. The van der Waals surface area contributed by atoms with E-state index in [0.717, 1.165) is 64.2 Å². The molecule has 328 valence electrons. The van der Waals surface area contributed by atoms with Gasteiger partial charge in [-0.3, -0.25) is 9.59 Å². The highest BCUT2D eigenvalue weighted by atomic mass is 16.5. The van der Waals surface area contributed by atoms with Crippen LogP contribution in [0.25, 0.3) is 0 Å². The highest BCUT2D eigenvalue weighted by Gasteiger charge is 2.24. The third kappa shape index (κ3) is 38.9. The van der Waals surface area contributed by atoms with Gasteiger partial charge in [0.2, 0.25) is 5.91 Å². The Balaban J connectivity index is 4.66. The van der Waals surface area contributed by atoms with Crippen LogP contribution in [-0.2, 0) is 14.3 Å². The van der Waals surface area contributed by atoms with Gasteiger partial charge in [-0.25, -0.2) is 0 Å². The summed E-state index contributed by atoms with van der Waals surface area (Å²) in [5.74, 6) is -0.528. The van der Waals surface area contributed by atoms with Gasteiger partial charge in [-0.05, 0) is 64.2 Å². The molecule has 0 radical (unpaired) electrons. The molecular formula is C50H93NO5. The quantitative estimate of drug-likeness (QED) is 0.0247. The van der Waals surface area contributed by atoms with Crippen molar-refractivity contribution in [1.82, 2.24) is 5.32 Å². The molecule has 6 heteroatoms. The van der Waals surface area contributed by atoms with Gasteiger partial charge >= 0.3 is 5.97 Å². The molecule has 0 heterocycles. The molecule has 1 amide bonds. The lowest BCUT2D eigenvalue weighted by Gasteiger charge is -2.24. The smallest absolute Gasteiger partial charge is 0.306 e. The van der Waals surface area contributed by atoms with Crippen molar-refractivity contribution in [3.05, 3.63) is 36.5 Å². The Morgan fingerprint density at radius 2 is 0.946 bits per heavy atom. The maximum Gasteiger partial charge on any atom is 0.306 e. The SMILES string of the molecule is CCCC/C=C\CCCCCCCC(=O)OC(CCC/C=C/C=C/CCCCCCCCC)CC(=O)NC(CO)C(O)CCCCCCCCCCCCCC. The summed E-state index contributed by atoms with van der Waals surface area (Å²) >= 11 is 0. The molecule has 0 bridgehead atoms. The number of carbonyl (C=O) groups excluding carboxylic acids is 2. The molecule has 3 unspecified atom stereocenters. The first kappa shape index (κ1) is 54.1. The topological polar surface area (TPSA) is 95.9 Å². The Morgan fingerprint density at radius 1 is 0.518 bits per heavy atom. The number of aliphatic hydroxyl groups excluding tert-OH is 2. The predicted octanol–water partition coefficient (Wildman–Crippen LogP) is 14.1. The number of allylic oxidation sites excluding steroid dienone is 6. The van der Waals surface area contributed by atoms with E-state index in [1.165, 1.54) is 135 Å². The van der Waals surface area contributed by atoms with E-state index in [1.807, 2.05) is 0 Å². The largest absolute Gasteiger partial charge is 0.462 e. The van der Waals surface area contributed by atoms with Crippen LogP contribution >= 0.6 is 0 Å². The summed E-state index contributed by atoms with van der Waals surface area (Å²) in [6.07, 6.45) is 50.6. The van der Waals surface area contributed by atoms with Crippen LogP contribution in [0.5, 0.6) is 0 Å². The average molecular weight is 788 g/mol. The molecule has 0 spiro atoms. The van der Waals surface area contributed by atoms with Crippen LogP contribution < -0.4 is 5.32 Å². The van der Waals surface area contributed by atoms with Gasteiger partial charge in [-0.1, -0.05) is 205 Å². The fourth-order valence-electron chi connectivity index (χ4n) is 7.23. The zero-order valence-electron chi connectivity index (χ0n) is 37.3. The van der Waals surface area contributed by atoms with Gasteiger partial charge in [0.05, 0.1) is 25.2 Å². The van der Waals surface area contributed by atoms with E-state index in [9.17, 15) is 19.8 Å². The number of hydrogen-bond acceptors (Lipinski definition) is 5. The first-order valence-electron chi connectivity index (χ1n) is 24.2. The van der Waals surface area contributed by atoms with E-state index in [4.69, 9.17) is 4.74 Å². The number of rotatable bonds is 43. The van der Waals surface area contributed by atoms with Crippen molar-refractivity contribution in [3.8, 4) is 0 Å². The maximum absolute atomic E-state index is 13.1. The summed E-state index contributed by atoms with van der Waals surface area (Å²) in [4.78, 5) is 26.0. The Labute approximate surface area is 347 Å². The number of carbonyl (C=O) groups is 2. The second-order valence-corrected chi connectivity index (χ2v) is 16.5. The molecule has 0 rings (SSSR count). The van der Waals surface area contributed by atoms with Crippen molar-refractivity contribution in [1.29, 1.82) is 0 Å². The number of unbranched alkanes of at least 4 members (excludes halogenated alkanes) is 26. The Hall–Kier alpha value is -1.92. The van der Waals surface area contributed by atoms with Crippen molar-refractivity contribution in [2.75, 3.05) is 6.61 Å². The first-order valence-corrected chi connectivity index (χ1v) is 24.2. The monoisotopic (exact) mass is 788 g/mol. The zero-order valence-corrected chi connectivity index (χ0v) is 37.3. The van der Waals surface area contributed by atoms with Crippen molar-refractivity contribution in [2.24, 2.45) is 0 Å². The fourth-order valence-corrected chi connectivity index (χ4v) is 7.23. The minimum atomic E-state index is -0.797. The molecule has 3 atom stereocenters. The van der Waals surface area contributed by atoms with Gasteiger partial charge in [0.1, 0.15) is 6.10 Å². The molecule has 0 saturated carbocycles. The summed E-state index contributed by atoms with van der Waals surface area (Å²) in [5.41, 5.74) is 0. The second-order valence-electron chi connectivity index (χ2n) is 16.5. The van der Waals surface area contributed by atoms with Gasteiger partial charge in [-0.15, -0.1) is 0 Å². The first-order chi connectivity index (χ1) is 27.5. The van der Waals surface area contributed by atoms with Crippen molar-refractivity contribution < 1.29 is 24.5 Å². The van der Waals surface area contributed by atoms with E-state index in [2.05, 4.69) is 62.5 Å². The average Bonchev–Trinajstić information content (AvgIpc) is 3.19. The minimum Gasteiger partial charge on any atom is -0.462 e. The zero-order chi connectivity index (χ0) is 41.0. The molecule has 0 aliphatic rings. The van der Waals surface area contributed by atoms with E-state index in [-0.39, 0.29) is 24.9 Å². The molecule has 0 saturated heterocycles. The third-order valence-corrected chi connectivity index (χ3v) is 11.0. The van der Waals surface area contributed by atoms with Crippen LogP contribution in [0, 0.1) is 0 Å². The van der Waals surface area contributed by atoms with E-state index >= 15 is 0 Å². The molecule has 0 aliphatic carbocycles. The lowest BCUT2D eigenvalue weighted by Crippen LogP contribution is -2.46. The highest BCUT2D eigenvalue weighted by molar-refractivity contribution is 5.77. The number of aliphatic hydroxyl groups is 2. The van der Waals surface area contributed by atoms with Crippen molar-refractivity contribution in [3.63, 3.8) is 0 Å². The Morgan fingerprint density at radius 3 is 1.46 bits per heavy atom. The summed E-state index contributed by atoms with van der Waals surface area (Å²) in [6, 6.07) is -0.714. The molecule has 0 fully saturated rings. The number of hydrogen-bond donors (Lipinski definition) is 3. The summed E-state index contributed by atoms with van der Waals surface area (Å²) in [7, 11) is 0. The summed E-state index contributed by atoms with van der Waals surface area (Å²) in [5, 5.41) is 23.7. The van der Waals surface area contributed by atoms with Crippen molar-refractivity contribution >= 4 is 11.9 Å². The van der Waals surface area contributed by atoms with E-state index in [0.29, 0.717) is 19.3 Å². The summed E-state index contributed by atoms with van der Waals surface area (Å²) < 4.78 is 5.88. The molecule has 56 heavy (non-hydrogen) atoms. The van der Waals surface area contributed by atoms with Crippen LogP contribution in [0.3, 0.4) is 0 Å². The lowest BCUT2D eigenvalue weighted by molar-refractivity contribution is -0.151. The number of amides is 1. The molecule has 0 aliphatic heterocycles. The van der Waals surface area contributed by atoms with Gasteiger partial charge < -0.3 is 20.3 Å². The molecule has 0 aromatic heterocycles. The number of esters is 1. The van der Waals surface area contributed by atoms with Crippen LogP contribution in [0.2, 0.25) is 0 Å². The van der Waals surface area contributed by atoms with Gasteiger partial charge in [0, 0.05) is 6.42 Å². The second kappa shape index (κ2) is 44.2. The van der Waals surface area contributed by atoms with Gasteiger partial charge in [0.25, 0.3) is 0 Å². The van der Waals surface area contributed by atoms with Gasteiger partial charge in [0.15, 0.2) is 0 Å². The van der Waals surface area contributed by atoms with E-state index < -0.39 is 18.2 Å². The number of ether oxygens (including phenoxy) is 1. The minimum absolute atomic E-state index is 0.0431. The van der Waals surface area contributed by atoms with Crippen LogP contribution in [0.15, 0.2) is 36.5 Å². The predicted molar refractivity (Wildman–Crippen MR) is 241 cm³/mol. The Kier molecular flexibility index (Phi) is 42.7. The normalized spacial score (nSPS) is 13.6. The third-order valence-electron chi connectivity index (χ3n) is 11.0. The fraction of sp³-hybridized carbons (Fsp3) is 0.840. The van der Waals surface area contributed by atoms with Crippen LogP contribution in [0.4, 0.5) is 0 Å². The van der Waals surface area contributed by atoms with Crippen molar-refractivity contribution in [2.45, 2.75) is 264 Å². The lowest BCUT2D eigenvalue weighted by atomic mass is 10.0. The van der Waals surface area contributed by atoms with E-state index in [1.54, 1.807) is 0 Å². The standard InChI is InChI=1S/C50H93NO5/c1-4-7-10-13-16-19-22-24-25-27-29-32-35-38-41-46(56-50(55)43-40-37-34-31-26-21-18-15-12-9-6-3)44-49(54)51-47(45-52)48(53)42-39-36-33-30-28-23-20-17-14-11-8-5-2/h15,18,25,27,29,32,46-48,52-53H,4-14,16-17,19-24,26,28,30-31,33-45H2,1-3H3,(H,51,54)/b18-15-,27-25+,32-29+. The van der Waals surface area contributed by atoms with Crippen LogP contribution in [0.1, 0.15) is 245 Å². The number of nitrogens with one attached hydrogen (secondary N) is 1. The van der Waals surface area contributed by atoms with Gasteiger partial charge in [-0.2, -0.15) is 0 Å².